The van der Waals surface area contributed by atoms with Gasteiger partial charge in [-0.05, 0) is 0 Å². The van der Waals surface area contributed by atoms with Crippen LogP contribution in [0.3, 0.4) is 0 Å². The number of hydrogen-bond acceptors (Lipinski definition) is 2. The van der Waals surface area contributed by atoms with Crippen molar-refractivity contribution in [3.63, 3.8) is 0 Å². The summed E-state index contributed by atoms with van der Waals surface area (Å²) < 4.78 is 68.7. The van der Waals surface area contributed by atoms with Gasteiger partial charge < -0.3 is 0 Å². The van der Waals surface area contributed by atoms with E-state index in [4.69, 9.17) is 8.19 Å². The molecule has 0 aromatic heterocycles. The molecule has 0 aliphatic heterocycles. The van der Waals surface area contributed by atoms with Gasteiger partial charge in [0, 0.05) is 0 Å². The summed E-state index contributed by atoms with van der Waals surface area (Å²) in [7, 11) is 0. The molecule has 0 bridgehead atoms. The van der Waals surface area contributed by atoms with E-state index in [2.05, 4.69) is 3.73 Å². The molecule has 90 valence electrons. The first-order chi connectivity index (χ1) is 7.09. The molecule has 0 atom stereocenters. The molecule has 0 amide bonds. The van der Waals surface area contributed by atoms with Gasteiger partial charge >= 0.3 is 91.5 Å². The first kappa shape index (κ1) is 13.2. The van der Waals surface area contributed by atoms with Gasteiger partial charge in [-0.25, -0.2) is 0 Å². The molecule has 16 heavy (non-hydrogen) atoms. The number of alkyl halides is 3. The van der Waals surface area contributed by atoms with Crippen LogP contribution < -0.4 is 3.73 Å². The van der Waals surface area contributed by atoms with Crippen molar-refractivity contribution in [1.29, 1.82) is 0 Å². The Morgan fingerprint density at radius 3 is 2.25 bits per heavy atom. The Morgan fingerprint density at radius 1 is 1.31 bits per heavy atom. The standard InChI is InChI=1S/C8H8AsF3O4/c1-5-4-6(8(10,11)12)2-3-7(5)16-9(13,14)15/h2-4H,1H3,(H2,13,14,15). The monoisotopic (exact) mass is 300 g/mol. The van der Waals surface area contributed by atoms with Crippen molar-refractivity contribution in [2.45, 2.75) is 13.1 Å². The van der Waals surface area contributed by atoms with Crippen LogP contribution in [0, 0.1) is 6.92 Å². The van der Waals surface area contributed by atoms with Crippen molar-refractivity contribution < 1.29 is 28.8 Å². The quantitative estimate of drug-likeness (QED) is 0.807. The van der Waals surface area contributed by atoms with E-state index in [0.717, 1.165) is 12.1 Å². The van der Waals surface area contributed by atoms with Crippen LogP contribution in [0.2, 0.25) is 0 Å². The van der Waals surface area contributed by atoms with Crippen LogP contribution in [0.1, 0.15) is 11.1 Å². The average Bonchev–Trinajstić information content (AvgIpc) is 2.04. The predicted octanol–water partition coefficient (Wildman–Crippen LogP) is 1.24. The molecule has 0 fully saturated rings. The minimum absolute atomic E-state index is 0.0135. The van der Waals surface area contributed by atoms with E-state index in [1.807, 2.05) is 0 Å². The number of rotatable bonds is 2. The minimum atomic E-state index is -5.35. The summed E-state index contributed by atoms with van der Waals surface area (Å²) in [6.07, 6.45) is -4.49. The molecule has 0 spiro atoms. The summed E-state index contributed by atoms with van der Waals surface area (Å²) in [5.74, 6) is -0.250. The van der Waals surface area contributed by atoms with Crippen LogP contribution >= 0.6 is 0 Å². The zero-order chi connectivity index (χ0) is 12.6. The molecule has 0 aliphatic carbocycles. The Hall–Kier alpha value is -0.912. The SMILES string of the molecule is Cc1cc(C(F)(F)F)ccc1O[As](=O)(O)O. The number of benzene rings is 1. The van der Waals surface area contributed by atoms with E-state index < -0.39 is 26.3 Å². The second-order valence-electron chi connectivity index (χ2n) is 3.06. The molecule has 2 N–H and O–H groups in total. The van der Waals surface area contributed by atoms with Crippen LogP contribution in [0.15, 0.2) is 18.2 Å². The van der Waals surface area contributed by atoms with E-state index >= 15 is 0 Å². The van der Waals surface area contributed by atoms with Gasteiger partial charge in [-0.15, -0.1) is 0 Å². The van der Waals surface area contributed by atoms with Crippen molar-refractivity contribution in [3.8, 4) is 5.75 Å². The molecule has 0 saturated carbocycles. The molecule has 0 unspecified atom stereocenters. The summed E-state index contributed by atoms with van der Waals surface area (Å²) in [5, 5.41) is 0. The summed E-state index contributed by atoms with van der Waals surface area (Å²) >= 11 is -5.35. The molecule has 1 aromatic carbocycles. The molecule has 1 rings (SSSR count). The van der Waals surface area contributed by atoms with Crippen molar-refractivity contribution in [2.24, 2.45) is 0 Å². The first-order valence-corrected chi connectivity index (χ1v) is 7.23. The van der Waals surface area contributed by atoms with Gasteiger partial charge in [0.15, 0.2) is 0 Å². The van der Waals surface area contributed by atoms with E-state index in [1.165, 1.54) is 6.92 Å². The van der Waals surface area contributed by atoms with Crippen LogP contribution in [-0.2, 0) is 9.92 Å². The summed E-state index contributed by atoms with van der Waals surface area (Å²) in [5.41, 5.74) is -0.880. The van der Waals surface area contributed by atoms with Crippen LogP contribution in [-0.4, -0.2) is 22.7 Å². The van der Waals surface area contributed by atoms with Gasteiger partial charge in [0.1, 0.15) is 0 Å². The molecule has 4 nitrogen and oxygen atoms in total. The summed E-state index contributed by atoms with van der Waals surface area (Å²) in [6, 6.07) is 2.35. The van der Waals surface area contributed by atoms with Gasteiger partial charge in [-0.1, -0.05) is 0 Å². The number of aryl methyl sites for hydroxylation is 1. The van der Waals surface area contributed by atoms with Crippen LogP contribution in [0.5, 0.6) is 5.75 Å². The third-order valence-electron chi connectivity index (χ3n) is 1.72. The first-order valence-electron chi connectivity index (χ1n) is 4.02. The van der Waals surface area contributed by atoms with E-state index in [1.54, 1.807) is 0 Å². The zero-order valence-corrected chi connectivity index (χ0v) is 9.90. The second kappa shape index (κ2) is 4.16. The second-order valence-corrected chi connectivity index (χ2v) is 5.50. The Morgan fingerprint density at radius 2 is 1.88 bits per heavy atom. The maximum atomic E-state index is 12.2. The Kier molecular flexibility index (Phi) is 3.42. The van der Waals surface area contributed by atoms with Gasteiger partial charge in [0.25, 0.3) is 0 Å². The van der Waals surface area contributed by atoms with Gasteiger partial charge in [0.2, 0.25) is 0 Å². The fourth-order valence-corrected chi connectivity index (χ4v) is 2.02. The maximum absolute atomic E-state index is 12.2. The molecular weight excluding hydrogens is 292 g/mol. The van der Waals surface area contributed by atoms with Crippen LogP contribution in [0.25, 0.3) is 0 Å². The van der Waals surface area contributed by atoms with Gasteiger partial charge in [0.05, 0.1) is 0 Å². The Bertz CT molecular complexity index is 437. The number of halogens is 3. The van der Waals surface area contributed by atoms with Crippen molar-refractivity contribution in [3.05, 3.63) is 29.3 Å². The topological polar surface area (TPSA) is 66.8 Å². The van der Waals surface area contributed by atoms with Crippen molar-refractivity contribution >= 4 is 14.5 Å². The normalized spacial score (nSPS) is 12.6. The van der Waals surface area contributed by atoms with E-state index in [0.29, 0.717) is 6.07 Å². The molecule has 0 aliphatic rings. The number of hydrogen-bond donors (Lipinski definition) is 2. The molecule has 0 radical (unpaired) electrons. The Labute approximate surface area is 92.0 Å². The third-order valence-corrected chi connectivity index (χ3v) is 2.63. The molecule has 0 heterocycles. The van der Waals surface area contributed by atoms with Crippen LogP contribution in [0.4, 0.5) is 13.2 Å². The van der Waals surface area contributed by atoms with Gasteiger partial charge in [-0.3, -0.25) is 0 Å². The molecule has 0 saturated heterocycles. The van der Waals surface area contributed by atoms with E-state index in [9.17, 15) is 16.9 Å². The fourth-order valence-electron chi connectivity index (χ4n) is 1.06. The Balaban J connectivity index is 3.06. The third kappa shape index (κ3) is 3.59. The molecule has 1 aromatic rings. The van der Waals surface area contributed by atoms with E-state index in [-0.39, 0.29) is 11.3 Å². The summed E-state index contributed by atoms with van der Waals surface area (Å²) in [6.45, 7) is 1.27. The zero-order valence-electron chi connectivity index (χ0n) is 8.02. The molecular formula is C8H8AsF3O4. The average molecular weight is 300 g/mol. The van der Waals surface area contributed by atoms with Gasteiger partial charge in [-0.2, -0.15) is 0 Å². The van der Waals surface area contributed by atoms with Crippen molar-refractivity contribution in [1.82, 2.24) is 0 Å². The fraction of sp³-hybridized carbons (Fsp3) is 0.250. The predicted molar refractivity (Wildman–Crippen MR) is 47.7 cm³/mol. The summed E-state index contributed by atoms with van der Waals surface area (Å²) in [4.78, 5) is 0. The van der Waals surface area contributed by atoms with Crippen molar-refractivity contribution in [2.75, 3.05) is 0 Å². The molecule has 8 heteroatoms.